The molecule has 0 bridgehead atoms. The lowest BCUT2D eigenvalue weighted by atomic mass is 9.97. The van der Waals surface area contributed by atoms with E-state index in [2.05, 4.69) is 22.3 Å². The van der Waals surface area contributed by atoms with Gasteiger partial charge in [0.1, 0.15) is 0 Å². The molecule has 0 spiro atoms. The van der Waals surface area contributed by atoms with Crippen molar-refractivity contribution in [1.82, 2.24) is 29.3 Å². The molecule has 4 heterocycles. The van der Waals surface area contributed by atoms with Gasteiger partial charge in [0.25, 0.3) is 0 Å². The Balaban J connectivity index is 1.39. The van der Waals surface area contributed by atoms with E-state index < -0.39 is 0 Å². The van der Waals surface area contributed by atoms with Crippen molar-refractivity contribution >= 4 is 5.65 Å². The topological polar surface area (TPSA) is 69.7 Å². The lowest BCUT2D eigenvalue weighted by molar-refractivity contribution is 0.196. The molecule has 1 atom stereocenters. The maximum absolute atomic E-state index is 5.61. The van der Waals surface area contributed by atoms with Gasteiger partial charge in [0.05, 0.1) is 20.4 Å². The van der Waals surface area contributed by atoms with E-state index >= 15 is 0 Å². The van der Waals surface area contributed by atoms with E-state index in [1.54, 1.807) is 14.2 Å². The fraction of sp³-hybridized carbons (Fsp3) is 0.375. The van der Waals surface area contributed by atoms with Gasteiger partial charge >= 0.3 is 0 Å². The number of aryl methyl sites for hydroxylation is 1. The number of likely N-dealkylation sites (tertiary alicyclic amines) is 1. The van der Waals surface area contributed by atoms with Crippen molar-refractivity contribution in [3.05, 3.63) is 60.3 Å². The van der Waals surface area contributed by atoms with Crippen molar-refractivity contribution in [1.29, 1.82) is 0 Å². The Hall–Kier alpha value is -3.39. The lowest BCUT2D eigenvalue weighted by Crippen LogP contribution is -2.34. The highest BCUT2D eigenvalue weighted by molar-refractivity contribution is 5.74. The van der Waals surface area contributed by atoms with Crippen molar-refractivity contribution in [2.75, 3.05) is 27.3 Å². The zero-order valence-electron chi connectivity index (χ0n) is 18.7. The predicted molar refractivity (Wildman–Crippen MR) is 122 cm³/mol. The first kappa shape index (κ1) is 20.5. The largest absolute Gasteiger partial charge is 0.493 e. The minimum Gasteiger partial charge on any atom is -0.493 e. The molecule has 4 aromatic rings. The lowest BCUT2D eigenvalue weighted by Gasteiger charge is -2.30. The maximum Gasteiger partial charge on any atom is 0.168 e. The first-order valence-electron chi connectivity index (χ1n) is 10.9. The van der Waals surface area contributed by atoms with E-state index in [9.17, 15) is 0 Å². The summed E-state index contributed by atoms with van der Waals surface area (Å²) in [6.07, 6.45) is 8.30. The van der Waals surface area contributed by atoms with Gasteiger partial charge in [0.15, 0.2) is 23.0 Å². The van der Waals surface area contributed by atoms with Crippen LogP contribution in [0.1, 0.15) is 30.1 Å². The van der Waals surface area contributed by atoms with Crippen LogP contribution < -0.4 is 9.47 Å². The SMILES string of the molecule is COc1cccc(-c2ccc3nc([C@@H]4CCCN(Cc5cnn(C)c5)C4)nn3c2)c1OC. The summed E-state index contributed by atoms with van der Waals surface area (Å²) in [4.78, 5) is 7.32. The van der Waals surface area contributed by atoms with E-state index in [1.807, 2.05) is 52.9 Å². The number of piperidine rings is 1. The third kappa shape index (κ3) is 3.93. The minimum atomic E-state index is 0.329. The van der Waals surface area contributed by atoms with Crippen LogP contribution in [-0.4, -0.2) is 56.6 Å². The molecule has 0 aliphatic carbocycles. The smallest absolute Gasteiger partial charge is 0.168 e. The van der Waals surface area contributed by atoms with E-state index in [0.717, 1.165) is 55.1 Å². The quantitative estimate of drug-likeness (QED) is 0.464. The highest BCUT2D eigenvalue weighted by atomic mass is 16.5. The first-order valence-corrected chi connectivity index (χ1v) is 10.9. The molecule has 166 valence electrons. The van der Waals surface area contributed by atoms with Gasteiger partial charge in [0.2, 0.25) is 0 Å². The van der Waals surface area contributed by atoms with Crippen molar-refractivity contribution in [2.24, 2.45) is 7.05 Å². The number of pyridine rings is 1. The third-order valence-electron chi connectivity index (χ3n) is 6.10. The molecule has 5 rings (SSSR count). The van der Waals surface area contributed by atoms with Crippen LogP contribution in [-0.2, 0) is 13.6 Å². The third-order valence-corrected chi connectivity index (χ3v) is 6.10. The number of aromatic nitrogens is 5. The van der Waals surface area contributed by atoms with Gasteiger partial charge in [-0.15, -0.1) is 0 Å². The van der Waals surface area contributed by atoms with Crippen LogP contribution in [0.15, 0.2) is 48.9 Å². The summed E-state index contributed by atoms with van der Waals surface area (Å²) in [7, 11) is 5.27. The number of hydrogen-bond acceptors (Lipinski definition) is 6. The van der Waals surface area contributed by atoms with Gasteiger partial charge in [-0.2, -0.15) is 10.2 Å². The molecule has 0 radical (unpaired) electrons. The molecule has 8 heteroatoms. The van der Waals surface area contributed by atoms with Crippen LogP contribution in [0.4, 0.5) is 0 Å². The standard InChI is InChI=1S/C24H28N6O2/c1-28-13-17(12-25-28)14-29-11-5-6-19(15-29)24-26-22-10-9-18(16-30(22)27-24)20-7-4-8-21(31-2)23(20)32-3/h4,7-10,12-13,16,19H,5-6,11,14-15H2,1-3H3/t19-/m1/s1. The van der Waals surface area contributed by atoms with Crippen LogP contribution in [0.25, 0.3) is 16.8 Å². The number of para-hydroxylation sites is 1. The van der Waals surface area contributed by atoms with E-state index in [-0.39, 0.29) is 0 Å². The molecule has 3 aromatic heterocycles. The average molecular weight is 433 g/mol. The minimum absolute atomic E-state index is 0.329. The van der Waals surface area contributed by atoms with E-state index in [4.69, 9.17) is 19.6 Å². The Bertz CT molecular complexity index is 1230. The molecule has 1 aliphatic rings. The zero-order chi connectivity index (χ0) is 22.1. The number of rotatable bonds is 6. The molecule has 8 nitrogen and oxygen atoms in total. The Kier molecular flexibility index (Phi) is 5.53. The Morgan fingerprint density at radius 1 is 1.09 bits per heavy atom. The van der Waals surface area contributed by atoms with Crippen LogP contribution in [0.5, 0.6) is 11.5 Å². The summed E-state index contributed by atoms with van der Waals surface area (Å²) >= 11 is 0. The van der Waals surface area contributed by atoms with Gasteiger partial charge < -0.3 is 9.47 Å². The molecule has 0 N–H and O–H groups in total. The van der Waals surface area contributed by atoms with Crippen LogP contribution in [0.2, 0.25) is 0 Å². The second-order valence-corrected chi connectivity index (χ2v) is 8.33. The second kappa shape index (κ2) is 8.63. The summed E-state index contributed by atoms with van der Waals surface area (Å²) in [6.45, 7) is 2.97. The van der Waals surface area contributed by atoms with Crippen molar-refractivity contribution in [3.8, 4) is 22.6 Å². The first-order chi connectivity index (χ1) is 15.6. The maximum atomic E-state index is 5.61. The molecular weight excluding hydrogens is 404 g/mol. The molecule has 0 unspecified atom stereocenters. The zero-order valence-corrected chi connectivity index (χ0v) is 18.7. The monoisotopic (exact) mass is 432 g/mol. The van der Waals surface area contributed by atoms with Gasteiger partial charge in [-0.05, 0) is 37.6 Å². The second-order valence-electron chi connectivity index (χ2n) is 8.33. The van der Waals surface area contributed by atoms with Gasteiger partial charge in [-0.25, -0.2) is 9.50 Å². The highest BCUT2D eigenvalue weighted by Crippen LogP contribution is 2.37. The van der Waals surface area contributed by atoms with E-state index in [0.29, 0.717) is 17.4 Å². The summed E-state index contributed by atoms with van der Waals surface area (Å²) in [5.41, 5.74) is 4.07. The molecule has 0 amide bonds. The summed E-state index contributed by atoms with van der Waals surface area (Å²) in [6, 6.07) is 9.96. The molecule has 1 fully saturated rings. The van der Waals surface area contributed by atoms with Crippen molar-refractivity contribution < 1.29 is 9.47 Å². The normalized spacial score (nSPS) is 17.0. The number of nitrogens with zero attached hydrogens (tertiary/aromatic N) is 6. The Morgan fingerprint density at radius 2 is 2.00 bits per heavy atom. The molecule has 32 heavy (non-hydrogen) atoms. The number of benzene rings is 1. The molecule has 1 aromatic carbocycles. The van der Waals surface area contributed by atoms with Gasteiger partial charge in [-0.3, -0.25) is 9.58 Å². The van der Waals surface area contributed by atoms with Crippen LogP contribution >= 0.6 is 0 Å². The van der Waals surface area contributed by atoms with Crippen LogP contribution in [0.3, 0.4) is 0 Å². The molecular formula is C24H28N6O2. The number of methoxy groups -OCH3 is 2. The van der Waals surface area contributed by atoms with Gasteiger partial charge in [0, 0.05) is 55.1 Å². The Morgan fingerprint density at radius 3 is 2.78 bits per heavy atom. The fourth-order valence-electron chi connectivity index (χ4n) is 4.57. The summed E-state index contributed by atoms with van der Waals surface area (Å²) in [5, 5.41) is 9.15. The van der Waals surface area contributed by atoms with Crippen LogP contribution in [0, 0.1) is 0 Å². The number of ether oxygens (including phenoxy) is 2. The summed E-state index contributed by atoms with van der Waals surface area (Å²) in [5.74, 6) is 2.67. The van der Waals surface area contributed by atoms with Crippen molar-refractivity contribution in [3.63, 3.8) is 0 Å². The number of fused-ring (bicyclic) bond motifs is 1. The van der Waals surface area contributed by atoms with Crippen molar-refractivity contribution in [2.45, 2.75) is 25.3 Å². The average Bonchev–Trinajstić information content (AvgIpc) is 3.43. The number of hydrogen-bond donors (Lipinski definition) is 0. The highest BCUT2D eigenvalue weighted by Gasteiger charge is 2.25. The molecule has 0 saturated carbocycles. The Labute approximate surface area is 187 Å². The molecule has 1 saturated heterocycles. The fourth-order valence-corrected chi connectivity index (χ4v) is 4.57. The molecule has 1 aliphatic heterocycles. The van der Waals surface area contributed by atoms with E-state index in [1.165, 1.54) is 5.56 Å². The van der Waals surface area contributed by atoms with Gasteiger partial charge in [-0.1, -0.05) is 12.1 Å². The summed E-state index contributed by atoms with van der Waals surface area (Å²) < 4.78 is 14.8. The predicted octanol–water partition coefficient (Wildman–Crippen LogP) is 3.53.